The summed E-state index contributed by atoms with van der Waals surface area (Å²) in [5, 5.41) is 0. The smallest absolute Gasteiger partial charge is 0.0925 e. The Hall–Kier alpha value is -1.13. The molecule has 0 bridgehead atoms. The van der Waals surface area contributed by atoms with E-state index < -0.39 is 0 Å². The Morgan fingerprint density at radius 1 is 1.31 bits per heavy atom. The van der Waals surface area contributed by atoms with Crippen molar-refractivity contribution in [3.63, 3.8) is 0 Å². The molecule has 0 fully saturated rings. The summed E-state index contributed by atoms with van der Waals surface area (Å²) in [5.41, 5.74) is 9.02. The SMILES string of the molecule is NCc1[nH]cnc1CCc1cccc(Br)c1. The number of nitrogens with one attached hydrogen (secondary N) is 1. The second-order valence-electron chi connectivity index (χ2n) is 3.66. The molecule has 0 saturated heterocycles. The van der Waals surface area contributed by atoms with Gasteiger partial charge in [0, 0.05) is 11.0 Å². The molecule has 0 spiro atoms. The molecule has 16 heavy (non-hydrogen) atoms. The van der Waals surface area contributed by atoms with E-state index in [9.17, 15) is 0 Å². The normalized spacial score (nSPS) is 10.6. The molecule has 2 aromatic rings. The van der Waals surface area contributed by atoms with Crippen molar-refractivity contribution in [1.82, 2.24) is 9.97 Å². The molecule has 0 aliphatic heterocycles. The lowest BCUT2D eigenvalue weighted by Gasteiger charge is -2.02. The van der Waals surface area contributed by atoms with Crippen LogP contribution in [0, 0.1) is 0 Å². The number of benzene rings is 1. The van der Waals surface area contributed by atoms with Crippen molar-refractivity contribution < 1.29 is 0 Å². The molecule has 0 aliphatic rings. The van der Waals surface area contributed by atoms with Gasteiger partial charge in [0.1, 0.15) is 0 Å². The van der Waals surface area contributed by atoms with Crippen molar-refractivity contribution in [2.75, 3.05) is 0 Å². The van der Waals surface area contributed by atoms with Crippen LogP contribution in [0.25, 0.3) is 0 Å². The van der Waals surface area contributed by atoms with Crippen LogP contribution in [0.2, 0.25) is 0 Å². The van der Waals surface area contributed by atoms with Gasteiger partial charge in [0.05, 0.1) is 17.7 Å². The van der Waals surface area contributed by atoms with Gasteiger partial charge in [-0.2, -0.15) is 0 Å². The second-order valence-corrected chi connectivity index (χ2v) is 4.58. The lowest BCUT2D eigenvalue weighted by Crippen LogP contribution is -2.02. The third-order valence-corrected chi connectivity index (χ3v) is 3.04. The lowest BCUT2D eigenvalue weighted by molar-refractivity contribution is 0.884. The molecule has 2 rings (SSSR count). The maximum atomic E-state index is 5.61. The monoisotopic (exact) mass is 279 g/mol. The van der Waals surface area contributed by atoms with Gasteiger partial charge in [-0.1, -0.05) is 28.1 Å². The average molecular weight is 280 g/mol. The van der Waals surface area contributed by atoms with E-state index in [0.29, 0.717) is 6.54 Å². The average Bonchev–Trinajstić information content (AvgIpc) is 2.74. The number of halogens is 1. The third kappa shape index (κ3) is 2.71. The molecule has 1 heterocycles. The summed E-state index contributed by atoms with van der Waals surface area (Å²) in [7, 11) is 0. The number of aryl methyl sites for hydroxylation is 2. The molecular weight excluding hydrogens is 266 g/mol. The number of imidazole rings is 1. The van der Waals surface area contributed by atoms with E-state index in [4.69, 9.17) is 5.73 Å². The molecule has 4 heteroatoms. The van der Waals surface area contributed by atoms with Crippen LogP contribution in [0.15, 0.2) is 35.1 Å². The van der Waals surface area contributed by atoms with Gasteiger partial charge in [-0.05, 0) is 30.5 Å². The molecule has 3 nitrogen and oxygen atoms in total. The van der Waals surface area contributed by atoms with Crippen molar-refractivity contribution in [1.29, 1.82) is 0 Å². The maximum absolute atomic E-state index is 5.61. The topological polar surface area (TPSA) is 54.7 Å². The Balaban J connectivity index is 2.02. The molecule has 0 aliphatic carbocycles. The number of nitrogens with zero attached hydrogens (tertiary/aromatic N) is 1. The summed E-state index contributed by atoms with van der Waals surface area (Å²) in [6, 6.07) is 8.34. The van der Waals surface area contributed by atoms with E-state index in [1.54, 1.807) is 6.33 Å². The fraction of sp³-hybridized carbons (Fsp3) is 0.250. The van der Waals surface area contributed by atoms with Crippen LogP contribution < -0.4 is 5.73 Å². The van der Waals surface area contributed by atoms with Crippen LogP contribution in [0.5, 0.6) is 0 Å². The van der Waals surface area contributed by atoms with Gasteiger partial charge in [0.25, 0.3) is 0 Å². The zero-order valence-electron chi connectivity index (χ0n) is 8.91. The number of nitrogens with two attached hydrogens (primary N) is 1. The third-order valence-electron chi connectivity index (χ3n) is 2.55. The molecule has 3 N–H and O–H groups in total. The molecule has 0 unspecified atom stereocenters. The molecule has 0 radical (unpaired) electrons. The number of aromatic nitrogens is 2. The van der Waals surface area contributed by atoms with E-state index >= 15 is 0 Å². The predicted molar refractivity (Wildman–Crippen MR) is 68.0 cm³/mol. The molecule has 84 valence electrons. The maximum Gasteiger partial charge on any atom is 0.0925 e. The largest absolute Gasteiger partial charge is 0.347 e. The molecule has 0 atom stereocenters. The van der Waals surface area contributed by atoms with E-state index in [0.717, 1.165) is 28.7 Å². The van der Waals surface area contributed by atoms with E-state index in [-0.39, 0.29) is 0 Å². The highest BCUT2D eigenvalue weighted by Gasteiger charge is 2.04. The standard InChI is InChI=1S/C12H14BrN3/c13-10-3-1-2-9(6-10)4-5-11-12(7-14)16-8-15-11/h1-3,6,8H,4-5,7,14H2,(H,15,16). The van der Waals surface area contributed by atoms with Crippen LogP contribution >= 0.6 is 15.9 Å². The molecule has 0 saturated carbocycles. The van der Waals surface area contributed by atoms with Gasteiger partial charge in [0.15, 0.2) is 0 Å². The number of hydrogen-bond acceptors (Lipinski definition) is 2. The van der Waals surface area contributed by atoms with E-state index in [1.807, 2.05) is 12.1 Å². The first-order chi connectivity index (χ1) is 7.79. The minimum absolute atomic E-state index is 0.522. The van der Waals surface area contributed by atoms with Crippen LogP contribution in [0.4, 0.5) is 0 Å². The number of rotatable bonds is 4. The van der Waals surface area contributed by atoms with Gasteiger partial charge in [-0.3, -0.25) is 0 Å². The van der Waals surface area contributed by atoms with Gasteiger partial charge in [-0.25, -0.2) is 4.98 Å². The predicted octanol–water partition coefficient (Wildman–Crippen LogP) is 2.42. The zero-order chi connectivity index (χ0) is 11.4. The highest BCUT2D eigenvalue weighted by atomic mass is 79.9. The van der Waals surface area contributed by atoms with Crippen molar-refractivity contribution >= 4 is 15.9 Å². The Morgan fingerprint density at radius 3 is 2.94 bits per heavy atom. The summed E-state index contributed by atoms with van der Waals surface area (Å²) in [4.78, 5) is 7.33. The van der Waals surface area contributed by atoms with E-state index in [1.165, 1.54) is 5.56 Å². The first kappa shape index (κ1) is 11.4. The highest BCUT2D eigenvalue weighted by Crippen LogP contribution is 2.14. The van der Waals surface area contributed by atoms with Crippen LogP contribution in [0.1, 0.15) is 17.0 Å². The molecule has 1 aromatic heterocycles. The quantitative estimate of drug-likeness (QED) is 0.903. The first-order valence-corrected chi connectivity index (χ1v) is 6.04. The van der Waals surface area contributed by atoms with Crippen LogP contribution in [-0.2, 0) is 19.4 Å². The second kappa shape index (κ2) is 5.27. The molecule has 0 amide bonds. The van der Waals surface area contributed by atoms with Crippen LogP contribution in [0.3, 0.4) is 0 Å². The molecular formula is C12H14BrN3. The van der Waals surface area contributed by atoms with Crippen LogP contribution in [-0.4, -0.2) is 9.97 Å². The summed E-state index contributed by atoms with van der Waals surface area (Å²) in [5.74, 6) is 0. The Morgan fingerprint density at radius 2 is 2.19 bits per heavy atom. The van der Waals surface area contributed by atoms with Crippen molar-refractivity contribution in [2.45, 2.75) is 19.4 Å². The van der Waals surface area contributed by atoms with Crippen molar-refractivity contribution in [3.8, 4) is 0 Å². The summed E-state index contributed by atoms with van der Waals surface area (Å²) in [6.45, 7) is 0.522. The fourth-order valence-corrected chi connectivity index (χ4v) is 2.14. The van der Waals surface area contributed by atoms with Crippen molar-refractivity contribution in [2.24, 2.45) is 5.73 Å². The Bertz CT molecular complexity index is 465. The first-order valence-electron chi connectivity index (χ1n) is 5.25. The summed E-state index contributed by atoms with van der Waals surface area (Å²) >= 11 is 3.47. The number of aromatic amines is 1. The Labute approximate surface area is 103 Å². The summed E-state index contributed by atoms with van der Waals surface area (Å²) < 4.78 is 1.12. The minimum Gasteiger partial charge on any atom is -0.347 e. The van der Waals surface area contributed by atoms with E-state index in [2.05, 4.69) is 38.0 Å². The minimum atomic E-state index is 0.522. The number of H-pyrrole nitrogens is 1. The van der Waals surface area contributed by atoms with Gasteiger partial charge >= 0.3 is 0 Å². The number of hydrogen-bond donors (Lipinski definition) is 2. The van der Waals surface area contributed by atoms with Gasteiger partial charge < -0.3 is 10.7 Å². The lowest BCUT2D eigenvalue weighted by atomic mass is 10.1. The highest BCUT2D eigenvalue weighted by molar-refractivity contribution is 9.10. The molecule has 1 aromatic carbocycles. The Kier molecular flexibility index (Phi) is 3.74. The summed E-state index contributed by atoms with van der Waals surface area (Å²) in [6.07, 6.45) is 3.61. The fourth-order valence-electron chi connectivity index (χ4n) is 1.70. The van der Waals surface area contributed by atoms with Crippen molar-refractivity contribution in [3.05, 3.63) is 52.0 Å². The van der Waals surface area contributed by atoms with Gasteiger partial charge in [0.2, 0.25) is 0 Å². The van der Waals surface area contributed by atoms with Gasteiger partial charge in [-0.15, -0.1) is 0 Å². The zero-order valence-corrected chi connectivity index (χ0v) is 10.5.